The molecule has 1 aliphatic rings. The summed E-state index contributed by atoms with van der Waals surface area (Å²) in [5.41, 5.74) is 5.01. The Bertz CT molecular complexity index is 629. The smallest absolute Gasteiger partial charge is 0.0579 e. The fourth-order valence-corrected chi connectivity index (χ4v) is 2.86. The summed E-state index contributed by atoms with van der Waals surface area (Å²) < 4.78 is 5.22. The van der Waals surface area contributed by atoms with E-state index < -0.39 is 0 Å². The maximum Gasteiger partial charge on any atom is 0.0579 e. The van der Waals surface area contributed by atoms with Crippen LogP contribution in [0.25, 0.3) is 11.1 Å². The van der Waals surface area contributed by atoms with Gasteiger partial charge in [-0.15, -0.1) is 0 Å². The van der Waals surface area contributed by atoms with Gasteiger partial charge in [0.2, 0.25) is 0 Å². The summed E-state index contributed by atoms with van der Waals surface area (Å²) in [6, 6.07) is 17.1. The van der Waals surface area contributed by atoms with Gasteiger partial charge >= 0.3 is 0 Å². The van der Waals surface area contributed by atoms with E-state index in [1.165, 1.54) is 22.3 Å². The van der Waals surface area contributed by atoms with Crippen molar-refractivity contribution in [3.05, 3.63) is 59.7 Å². The second-order valence-electron chi connectivity index (χ2n) is 6.27. The van der Waals surface area contributed by atoms with Crippen LogP contribution in [0.5, 0.6) is 0 Å². The van der Waals surface area contributed by atoms with E-state index >= 15 is 0 Å². The topological polar surface area (TPSA) is 41.5 Å². The van der Waals surface area contributed by atoms with Crippen LogP contribution in [0, 0.1) is 12.3 Å². The minimum absolute atomic E-state index is 0.0758. The van der Waals surface area contributed by atoms with E-state index in [0.717, 1.165) is 13.1 Å². The minimum Gasteiger partial charge on any atom is -0.396 e. The van der Waals surface area contributed by atoms with Crippen LogP contribution < -0.4 is 5.32 Å². The number of nitrogens with one attached hydrogen (secondary N) is 1. The van der Waals surface area contributed by atoms with Gasteiger partial charge in [-0.1, -0.05) is 42.5 Å². The monoisotopic (exact) mass is 297 g/mol. The number of benzene rings is 2. The number of aliphatic hydroxyl groups excluding tert-OH is 1. The summed E-state index contributed by atoms with van der Waals surface area (Å²) in [5, 5.41) is 12.9. The van der Waals surface area contributed by atoms with E-state index in [1.807, 2.05) is 0 Å². The molecule has 1 fully saturated rings. The second-order valence-corrected chi connectivity index (χ2v) is 6.27. The average Bonchev–Trinajstić information content (AvgIpc) is 2.51. The van der Waals surface area contributed by atoms with Crippen molar-refractivity contribution >= 4 is 0 Å². The largest absolute Gasteiger partial charge is 0.396 e. The fraction of sp³-hybridized carbons (Fsp3) is 0.368. The van der Waals surface area contributed by atoms with Crippen LogP contribution in [0.2, 0.25) is 0 Å². The molecule has 116 valence electrons. The Morgan fingerprint density at radius 2 is 1.95 bits per heavy atom. The number of ether oxygens (including phenoxy) is 1. The van der Waals surface area contributed by atoms with Crippen LogP contribution in [0.15, 0.2) is 48.5 Å². The molecular formula is C19H23NO2. The summed E-state index contributed by atoms with van der Waals surface area (Å²) in [6.45, 7) is 5.23. The Morgan fingerprint density at radius 3 is 2.64 bits per heavy atom. The SMILES string of the molecule is Cc1ccccc1-c1cccc(CNCC2(CO)COC2)c1. The Balaban J connectivity index is 1.66. The van der Waals surface area contributed by atoms with Gasteiger partial charge in [0.25, 0.3) is 0 Å². The molecule has 0 saturated carbocycles. The van der Waals surface area contributed by atoms with Crippen LogP contribution >= 0.6 is 0 Å². The highest BCUT2D eigenvalue weighted by molar-refractivity contribution is 5.67. The molecule has 3 nitrogen and oxygen atoms in total. The molecule has 1 aliphatic heterocycles. The lowest BCUT2D eigenvalue weighted by Gasteiger charge is -2.40. The first-order chi connectivity index (χ1) is 10.7. The molecule has 0 atom stereocenters. The lowest BCUT2D eigenvalue weighted by Crippen LogP contribution is -2.52. The van der Waals surface area contributed by atoms with E-state index in [0.29, 0.717) is 13.2 Å². The first-order valence-corrected chi connectivity index (χ1v) is 7.77. The van der Waals surface area contributed by atoms with Gasteiger partial charge in [0.15, 0.2) is 0 Å². The highest BCUT2D eigenvalue weighted by atomic mass is 16.5. The van der Waals surface area contributed by atoms with Gasteiger partial charge in [0.05, 0.1) is 25.2 Å². The second kappa shape index (κ2) is 6.61. The zero-order chi connectivity index (χ0) is 15.4. The predicted octanol–water partition coefficient (Wildman–Crippen LogP) is 2.76. The van der Waals surface area contributed by atoms with Crippen molar-refractivity contribution in [3.63, 3.8) is 0 Å². The minimum atomic E-state index is -0.0758. The Hall–Kier alpha value is -1.68. The van der Waals surface area contributed by atoms with Crippen molar-refractivity contribution in [2.24, 2.45) is 5.41 Å². The van der Waals surface area contributed by atoms with E-state index in [9.17, 15) is 5.11 Å². The molecule has 22 heavy (non-hydrogen) atoms. The molecule has 0 aromatic heterocycles. The van der Waals surface area contributed by atoms with E-state index in [1.54, 1.807) is 0 Å². The molecule has 2 N–H and O–H groups in total. The molecule has 0 spiro atoms. The highest BCUT2D eigenvalue weighted by Gasteiger charge is 2.37. The third-order valence-electron chi connectivity index (χ3n) is 4.36. The third kappa shape index (κ3) is 3.22. The van der Waals surface area contributed by atoms with Gasteiger partial charge in [0, 0.05) is 13.1 Å². The van der Waals surface area contributed by atoms with Gasteiger partial charge in [0.1, 0.15) is 0 Å². The molecule has 2 aromatic rings. The van der Waals surface area contributed by atoms with Crippen molar-refractivity contribution in [1.82, 2.24) is 5.32 Å². The summed E-state index contributed by atoms with van der Waals surface area (Å²) in [6.07, 6.45) is 0. The zero-order valence-corrected chi connectivity index (χ0v) is 13.0. The van der Waals surface area contributed by atoms with E-state index in [4.69, 9.17) is 4.74 Å². The zero-order valence-electron chi connectivity index (χ0n) is 13.0. The van der Waals surface area contributed by atoms with Crippen molar-refractivity contribution in [3.8, 4) is 11.1 Å². The van der Waals surface area contributed by atoms with Crippen molar-refractivity contribution in [2.45, 2.75) is 13.5 Å². The quantitative estimate of drug-likeness (QED) is 0.861. The standard InChI is InChI=1S/C19H23NO2/c1-15-5-2-3-8-18(15)17-7-4-6-16(9-17)10-20-11-19(12-21)13-22-14-19/h2-9,20-21H,10-14H2,1H3. The Labute approximate surface area is 131 Å². The van der Waals surface area contributed by atoms with E-state index in [2.05, 4.69) is 60.8 Å². The van der Waals surface area contributed by atoms with Gasteiger partial charge in [-0.2, -0.15) is 0 Å². The number of aryl methyl sites for hydroxylation is 1. The maximum absolute atomic E-state index is 9.44. The molecule has 0 aliphatic carbocycles. The summed E-state index contributed by atoms with van der Waals surface area (Å²) in [5.74, 6) is 0. The van der Waals surface area contributed by atoms with Crippen LogP contribution in [-0.4, -0.2) is 31.5 Å². The molecule has 1 saturated heterocycles. The third-order valence-corrected chi connectivity index (χ3v) is 4.36. The van der Waals surface area contributed by atoms with Crippen molar-refractivity contribution in [2.75, 3.05) is 26.4 Å². The highest BCUT2D eigenvalue weighted by Crippen LogP contribution is 2.26. The molecule has 3 heteroatoms. The van der Waals surface area contributed by atoms with Gasteiger partial charge in [-0.05, 0) is 35.2 Å². The molecular weight excluding hydrogens is 274 g/mol. The molecule has 2 aromatic carbocycles. The Kier molecular flexibility index (Phi) is 4.57. The molecule has 0 unspecified atom stereocenters. The van der Waals surface area contributed by atoms with Gasteiger partial charge < -0.3 is 15.2 Å². The van der Waals surface area contributed by atoms with Gasteiger partial charge in [-0.3, -0.25) is 0 Å². The predicted molar refractivity (Wildman–Crippen MR) is 88.7 cm³/mol. The lowest BCUT2D eigenvalue weighted by molar-refractivity contribution is -0.134. The maximum atomic E-state index is 9.44. The number of aliphatic hydroxyl groups is 1. The molecule has 0 radical (unpaired) electrons. The van der Waals surface area contributed by atoms with Crippen LogP contribution in [0.1, 0.15) is 11.1 Å². The molecule has 1 heterocycles. The molecule has 3 rings (SSSR count). The molecule has 0 bridgehead atoms. The number of hydrogen-bond donors (Lipinski definition) is 2. The Morgan fingerprint density at radius 1 is 1.14 bits per heavy atom. The van der Waals surface area contributed by atoms with Crippen molar-refractivity contribution in [1.29, 1.82) is 0 Å². The summed E-state index contributed by atoms with van der Waals surface area (Å²) in [7, 11) is 0. The molecule has 0 amide bonds. The summed E-state index contributed by atoms with van der Waals surface area (Å²) in [4.78, 5) is 0. The lowest BCUT2D eigenvalue weighted by atomic mass is 9.87. The van der Waals surface area contributed by atoms with Crippen LogP contribution in [-0.2, 0) is 11.3 Å². The van der Waals surface area contributed by atoms with Crippen LogP contribution in [0.4, 0.5) is 0 Å². The van der Waals surface area contributed by atoms with Crippen molar-refractivity contribution < 1.29 is 9.84 Å². The number of rotatable bonds is 6. The normalized spacial score (nSPS) is 16.3. The summed E-state index contributed by atoms with van der Waals surface area (Å²) >= 11 is 0. The average molecular weight is 297 g/mol. The first-order valence-electron chi connectivity index (χ1n) is 7.77. The first kappa shape index (κ1) is 15.2. The van der Waals surface area contributed by atoms with Gasteiger partial charge in [-0.25, -0.2) is 0 Å². The van der Waals surface area contributed by atoms with E-state index in [-0.39, 0.29) is 12.0 Å². The fourth-order valence-electron chi connectivity index (χ4n) is 2.86. The van der Waals surface area contributed by atoms with Crippen LogP contribution in [0.3, 0.4) is 0 Å². The number of hydrogen-bond acceptors (Lipinski definition) is 3.